The molecular weight excluding hydrogens is 238 g/mol. The number of rotatable bonds is 4. The molecule has 0 aliphatic carbocycles. The van der Waals surface area contributed by atoms with E-state index < -0.39 is 11.8 Å². The SMILES string of the molecule is CC(C(N)=O)c1ccccc1C(=O)c1ccccc1. The van der Waals surface area contributed by atoms with Crippen LogP contribution in [0.15, 0.2) is 54.6 Å². The van der Waals surface area contributed by atoms with E-state index in [0.29, 0.717) is 16.7 Å². The van der Waals surface area contributed by atoms with Gasteiger partial charge in [-0.25, -0.2) is 0 Å². The minimum absolute atomic E-state index is 0.0932. The second kappa shape index (κ2) is 5.48. The van der Waals surface area contributed by atoms with Gasteiger partial charge in [0.1, 0.15) is 0 Å². The van der Waals surface area contributed by atoms with Gasteiger partial charge in [-0.3, -0.25) is 9.59 Å². The van der Waals surface area contributed by atoms with Gasteiger partial charge in [-0.1, -0.05) is 54.6 Å². The number of ketones is 1. The van der Waals surface area contributed by atoms with E-state index in [0.717, 1.165) is 0 Å². The molecule has 0 bridgehead atoms. The third kappa shape index (κ3) is 2.71. The summed E-state index contributed by atoms with van der Waals surface area (Å²) in [5, 5.41) is 0. The molecule has 19 heavy (non-hydrogen) atoms. The van der Waals surface area contributed by atoms with Crippen LogP contribution >= 0.6 is 0 Å². The first-order valence-electron chi connectivity index (χ1n) is 6.09. The molecule has 0 aromatic heterocycles. The van der Waals surface area contributed by atoms with Crippen LogP contribution in [0, 0.1) is 0 Å². The molecule has 2 rings (SSSR count). The quantitative estimate of drug-likeness (QED) is 0.851. The number of benzene rings is 2. The number of amides is 1. The van der Waals surface area contributed by atoms with E-state index in [1.807, 2.05) is 18.2 Å². The summed E-state index contributed by atoms with van der Waals surface area (Å²) >= 11 is 0. The Morgan fingerprint density at radius 3 is 2.16 bits per heavy atom. The number of carbonyl (C=O) groups is 2. The maximum Gasteiger partial charge on any atom is 0.224 e. The van der Waals surface area contributed by atoms with Crippen molar-refractivity contribution >= 4 is 11.7 Å². The van der Waals surface area contributed by atoms with Crippen molar-refractivity contribution < 1.29 is 9.59 Å². The third-order valence-corrected chi connectivity index (χ3v) is 3.13. The molecular formula is C16H15NO2. The van der Waals surface area contributed by atoms with Crippen LogP contribution in [0.3, 0.4) is 0 Å². The normalized spacial score (nSPS) is 11.8. The monoisotopic (exact) mass is 253 g/mol. The first-order chi connectivity index (χ1) is 9.11. The van der Waals surface area contributed by atoms with Crippen LogP contribution in [0.2, 0.25) is 0 Å². The van der Waals surface area contributed by atoms with Gasteiger partial charge >= 0.3 is 0 Å². The van der Waals surface area contributed by atoms with Crippen LogP contribution in [-0.4, -0.2) is 11.7 Å². The molecule has 1 atom stereocenters. The second-order valence-electron chi connectivity index (χ2n) is 4.41. The molecule has 1 amide bonds. The van der Waals surface area contributed by atoms with Gasteiger partial charge < -0.3 is 5.73 Å². The Kier molecular flexibility index (Phi) is 3.76. The number of carbonyl (C=O) groups excluding carboxylic acids is 2. The Bertz CT molecular complexity index is 605. The Balaban J connectivity index is 2.46. The van der Waals surface area contributed by atoms with E-state index in [1.165, 1.54) is 0 Å². The Hall–Kier alpha value is -2.42. The van der Waals surface area contributed by atoms with E-state index in [-0.39, 0.29) is 5.78 Å². The average Bonchev–Trinajstić information content (AvgIpc) is 2.46. The molecule has 0 fully saturated rings. The minimum atomic E-state index is -0.483. The van der Waals surface area contributed by atoms with Crippen molar-refractivity contribution in [1.82, 2.24) is 0 Å². The summed E-state index contributed by atoms with van der Waals surface area (Å²) in [5.41, 5.74) is 7.13. The molecule has 0 aliphatic rings. The molecule has 0 saturated carbocycles. The molecule has 3 heteroatoms. The zero-order valence-corrected chi connectivity index (χ0v) is 10.7. The van der Waals surface area contributed by atoms with Gasteiger partial charge in [0.05, 0.1) is 5.92 Å². The summed E-state index contributed by atoms with van der Waals surface area (Å²) in [7, 11) is 0. The van der Waals surface area contributed by atoms with Crippen LogP contribution in [0.5, 0.6) is 0 Å². The van der Waals surface area contributed by atoms with Crippen molar-refractivity contribution in [3.63, 3.8) is 0 Å². The van der Waals surface area contributed by atoms with Gasteiger partial charge in [0.2, 0.25) is 5.91 Å². The lowest BCUT2D eigenvalue weighted by Crippen LogP contribution is -2.21. The van der Waals surface area contributed by atoms with Crippen LogP contribution in [0.25, 0.3) is 0 Å². The Morgan fingerprint density at radius 1 is 0.947 bits per heavy atom. The van der Waals surface area contributed by atoms with Crippen LogP contribution in [0.1, 0.15) is 34.3 Å². The smallest absolute Gasteiger partial charge is 0.224 e. The van der Waals surface area contributed by atoms with Gasteiger partial charge in [-0.2, -0.15) is 0 Å². The highest BCUT2D eigenvalue weighted by atomic mass is 16.1. The van der Waals surface area contributed by atoms with Gasteiger partial charge in [-0.05, 0) is 12.5 Å². The van der Waals surface area contributed by atoms with Crippen molar-refractivity contribution in [3.05, 3.63) is 71.3 Å². The highest BCUT2D eigenvalue weighted by molar-refractivity contribution is 6.10. The first-order valence-corrected chi connectivity index (χ1v) is 6.09. The van der Waals surface area contributed by atoms with Crippen molar-refractivity contribution in [3.8, 4) is 0 Å². The number of hydrogen-bond donors (Lipinski definition) is 1. The number of hydrogen-bond acceptors (Lipinski definition) is 2. The van der Waals surface area contributed by atoms with Crippen LogP contribution in [0.4, 0.5) is 0 Å². The van der Waals surface area contributed by atoms with Gasteiger partial charge in [0, 0.05) is 11.1 Å². The molecule has 0 aliphatic heterocycles. The Morgan fingerprint density at radius 2 is 1.53 bits per heavy atom. The van der Waals surface area contributed by atoms with Crippen molar-refractivity contribution in [2.24, 2.45) is 5.73 Å². The molecule has 2 N–H and O–H groups in total. The molecule has 0 spiro atoms. The fourth-order valence-electron chi connectivity index (χ4n) is 1.98. The summed E-state index contributed by atoms with van der Waals surface area (Å²) in [6.07, 6.45) is 0. The standard InChI is InChI=1S/C16H15NO2/c1-11(16(17)19)13-9-5-6-10-14(13)15(18)12-7-3-2-4-8-12/h2-11H,1H3,(H2,17,19). The zero-order chi connectivity index (χ0) is 13.8. The second-order valence-corrected chi connectivity index (χ2v) is 4.41. The van der Waals surface area contributed by atoms with Crippen molar-refractivity contribution in [2.45, 2.75) is 12.8 Å². The fraction of sp³-hybridized carbons (Fsp3) is 0.125. The summed E-state index contributed by atoms with van der Waals surface area (Å²) < 4.78 is 0. The lowest BCUT2D eigenvalue weighted by atomic mass is 9.91. The summed E-state index contributed by atoms with van der Waals surface area (Å²) in [5.74, 6) is -1.01. The predicted molar refractivity (Wildman–Crippen MR) is 73.9 cm³/mol. The van der Waals surface area contributed by atoms with E-state index in [4.69, 9.17) is 5.73 Å². The fourth-order valence-corrected chi connectivity index (χ4v) is 1.98. The molecule has 0 saturated heterocycles. The van der Waals surface area contributed by atoms with Crippen LogP contribution in [-0.2, 0) is 4.79 Å². The van der Waals surface area contributed by atoms with Gasteiger partial charge in [0.25, 0.3) is 0 Å². The van der Waals surface area contributed by atoms with Gasteiger partial charge in [-0.15, -0.1) is 0 Å². The predicted octanol–water partition coefficient (Wildman–Crippen LogP) is 2.51. The van der Waals surface area contributed by atoms with E-state index >= 15 is 0 Å². The first kappa shape index (κ1) is 13.0. The molecule has 0 radical (unpaired) electrons. The number of nitrogens with two attached hydrogens (primary N) is 1. The summed E-state index contributed by atoms with van der Waals surface area (Å²) in [6, 6.07) is 16.1. The molecule has 2 aromatic rings. The Labute approximate surface area is 112 Å². The topological polar surface area (TPSA) is 60.2 Å². The molecule has 2 aromatic carbocycles. The highest BCUT2D eigenvalue weighted by Gasteiger charge is 2.19. The maximum absolute atomic E-state index is 12.4. The van der Waals surface area contributed by atoms with Crippen molar-refractivity contribution in [2.75, 3.05) is 0 Å². The summed E-state index contributed by atoms with van der Waals surface area (Å²) in [4.78, 5) is 23.8. The minimum Gasteiger partial charge on any atom is -0.369 e. The molecule has 1 unspecified atom stereocenters. The molecule has 96 valence electrons. The number of primary amides is 1. The van der Waals surface area contributed by atoms with Gasteiger partial charge in [0.15, 0.2) is 5.78 Å². The lowest BCUT2D eigenvalue weighted by Gasteiger charge is -2.12. The maximum atomic E-state index is 12.4. The van der Waals surface area contributed by atoms with Crippen molar-refractivity contribution in [1.29, 1.82) is 0 Å². The third-order valence-electron chi connectivity index (χ3n) is 3.13. The summed E-state index contributed by atoms with van der Waals surface area (Å²) in [6.45, 7) is 1.71. The van der Waals surface area contributed by atoms with Crippen LogP contribution < -0.4 is 5.73 Å². The largest absolute Gasteiger partial charge is 0.369 e. The average molecular weight is 253 g/mol. The van der Waals surface area contributed by atoms with E-state index in [1.54, 1.807) is 43.3 Å². The molecule has 0 heterocycles. The highest BCUT2D eigenvalue weighted by Crippen LogP contribution is 2.22. The van der Waals surface area contributed by atoms with E-state index in [9.17, 15) is 9.59 Å². The van der Waals surface area contributed by atoms with E-state index in [2.05, 4.69) is 0 Å². The lowest BCUT2D eigenvalue weighted by molar-refractivity contribution is -0.119. The zero-order valence-electron chi connectivity index (χ0n) is 10.7. The molecule has 3 nitrogen and oxygen atoms in total.